The van der Waals surface area contributed by atoms with Crippen molar-refractivity contribution in [1.82, 2.24) is 9.97 Å². The summed E-state index contributed by atoms with van der Waals surface area (Å²) < 4.78 is 15.6. The van der Waals surface area contributed by atoms with Crippen molar-refractivity contribution in [2.24, 2.45) is 0 Å². The maximum absolute atomic E-state index is 12.3. The monoisotopic (exact) mass is 394 g/mol. The van der Waals surface area contributed by atoms with Crippen LogP contribution in [0.4, 0.5) is 11.6 Å². The van der Waals surface area contributed by atoms with Gasteiger partial charge in [0.25, 0.3) is 5.91 Å². The molecule has 1 heterocycles. The first-order chi connectivity index (χ1) is 14.1. The predicted octanol–water partition coefficient (Wildman–Crippen LogP) is 3.37. The van der Waals surface area contributed by atoms with E-state index in [0.717, 1.165) is 11.3 Å². The van der Waals surface area contributed by atoms with Crippen LogP contribution in [0, 0.1) is 0 Å². The molecule has 0 aliphatic carbocycles. The first-order valence-corrected chi connectivity index (χ1v) is 8.85. The molecule has 0 unspecified atom stereocenters. The second-order valence-corrected chi connectivity index (χ2v) is 6.02. The average molecular weight is 394 g/mol. The van der Waals surface area contributed by atoms with Gasteiger partial charge >= 0.3 is 0 Å². The van der Waals surface area contributed by atoms with Crippen LogP contribution >= 0.6 is 0 Å². The summed E-state index contributed by atoms with van der Waals surface area (Å²) in [4.78, 5) is 20.7. The van der Waals surface area contributed by atoms with E-state index < -0.39 is 0 Å². The fourth-order valence-corrected chi connectivity index (χ4v) is 2.59. The zero-order valence-electron chi connectivity index (χ0n) is 16.4. The molecular formula is C21H22N4O4. The molecule has 0 fully saturated rings. The van der Waals surface area contributed by atoms with Gasteiger partial charge in [-0.2, -0.15) is 0 Å². The molecule has 2 aromatic carbocycles. The standard InChI is InChI=1S/C21H22N4O4/c1-27-17-7-5-16(6-8-17)25-20(26)15-12-23-21(24-13-15)22-11-14-4-9-18(28-2)19(10-14)29-3/h4-10,12-13H,11H2,1-3H3,(H,25,26)(H,22,23,24). The number of nitrogens with zero attached hydrogens (tertiary/aromatic N) is 2. The lowest BCUT2D eigenvalue weighted by Gasteiger charge is -2.10. The molecule has 0 bridgehead atoms. The van der Waals surface area contributed by atoms with E-state index in [2.05, 4.69) is 20.6 Å². The zero-order chi connectivity index (χ0) is 20.6. The highest BCUT2D eigenvalue weighted by Crippen LogP contribution is 2.27. The largest absolute Gasteiger partial charge is 0.497 e. The minimum atomic E-state index is -0.290. The first kappa shape index (κ1) is 19.9. The molecule has 29 heavy (non-hydrogen) atoms. The second-order valence-electron chi connectivity index (χ2n) is 6.02. The molecule has 150 valence electrons. The Morgan fingerprint density at radius 1 is 0.897 bits per heavy atom. The van der Waals surface area contributed by atoms with Crippen LogP contribution in [0.5, 0.6) is 17.2 Å². The van der Waals surface area contributed by atoms with Crippen molar-refractivity contribution in [1.29, 1.82) is 0 Å². The molecular weight excluding hydrogens is 372 g/mol. The Hall–Kier alpha value is -3.81. The number of benzene rings is 2. The van der Waals surface area contributed by atoms with E-state index >= 15 is 0 Å². The molecule has 0 spiro atoms. The normalized spacial score (nSPS) is 10.2. The van der Waals surface area contributed by atoms with E-state index in [0.29, 0.717) is 35.2 Å². The maximum Gasteiger partial charge on any atom is 0.258 e. The van der Waals surface area contributed by atoms with Crippen LogP contribution in [0.25, 0.3) is 0 Å². The molecule has 0 aliphatic rings. The van der Waals surface area contributed by atoms with Crippen molar-refractivity contribution in [3.05, 3.63) is 66.0 Å². The topological polar surface area (TPSA) is 94.6 Å². The van der Waals surface area contributed by atoms with Crippen LogP contribution < -0.4 is 24.8 Å². The van der Waals surface area contributed by atoms with Crippen molar-refractivity contribution in [3.63, 3.8) is 0 Å². The number of hydrogen-bond donors (Lipinski definition) is 2. The third kappa shape index (κ3) is 5.13. The van der Waals surface area contributed by atoms with Gasteiger partial charge < -0.3 is 24.8 Å². The number of hydrogen-bond acceptors (Lipinski definition) is 7. The molecule has 3 rings (SSSR count). The quantitative estimate of drug-likeness (QED) is 0.605. The van der Waals surface area contributed by atoms with Gasteiger partial charge in [0, 0.05) is 24.6 Å². The number of methoxy groups -OCH3 is 3. The highest BCUT2D eigenvalue weighted by atomic mass is 16.5. The SMILES string of the molecule is COc1ccc(NC(=O)c2cnc(NCc3ccc(OC)c(OC)c3)nc2)cc1. The fraction of sp³-hybridized carbons (Fsp3) is 0.190. The van der Waals surface area contributed by atoms with Gasteiger partial charge in [0.2, 0.25) is 5.95 Å². The smallest absolute Gasteiger partial charge is 0.258 e. The number of ether oxygens (including phenoxy) is 3. The van der Waals surface area contributed by atoms with Crippen LogP contribution in [0.3, 0.4) is 0 Å². The van der Waals surface area contributed by atoms with E-state index in [4.69, 9.17) is 14.2 Å². The second kappa shape index (κ2) is 9.41. The van der Waals surface area contributed by atoms with Crippen molar-refractivity contribution >= 4 is 17.5 Å². The van der Waals surface area contributed by atoms with Crippen molar-refractivity contribution < 1.29 is 19.0 Å². The summed E-state index contributed by atoms with van der Waals surface area (Å²) in [6, 6.07) is 12.7. The van der Waals surface area contributed by atoms with Gasteiger partial charge in [-0.05, 0) is 42.0 Å². The third-order valence-electron chi connectivity index (χ3n) is 4.16. The number of anilines is 2. The molecule has 0 saturated carbocycles. The number of nitrogens with one attached hydrogen (secondary N) is 2. The minimum absolute atomic E-state index is 0.290. The van der Waals surface area contributed by atoms with Gasteiger partial charge in [0.05, 0.1) is 26.9 Å². The lowest BCUT2D eigenvalue weighted by molar-refractivity contribution is 0.102. The summed E-state index contributed by atoms with van der Waals surface area (Å²) >= 11 is 0. The Kier molecular flexibility index (Phi) is 6.47. The lowest BCUT2D eigenvalue weighted by atomic mass is 10.2. The summed E-state index contributed by atoms with van der Waals surface area (Å²) in [5.74, 6) is 2.16. The van der Waals surface area contributed by atoms with E-state index in [1.54, 1.807) is 45.6 Å². The predicted molar refractivity (Wildman–Crippen MR) is 110 cm³/mol. The molecule has 0 saturated heterocycles. The number of carbonyl (C=O) groups excluding carboxylic acids is 1. The average Bonchev–Trinajstić information content (AvgIpc) is 2.78. The summed E-state index contributed by atoms with van der Waals surface area (Å²) in [7, 11) is 4.77. The van der Waals surface area contributed by atoms with Crippen molar-refractivity contribution in [2.45, 2.75) is 6.54 Å². The Balaban J connectivity index is 1.58. The summed E-state index contributed by atoms with van der Waals surface area (Å²) in [6.45, 7) is 0.498. The molecule has 0 atom stereocenters. The van der Waals surface area contributed by atoms with Gasteiger partial charge in [-0.15, -0.1) is 0 Å². The Morgan fingerprint density at radius 3 is 2.21 bits per heavy atom. The molecule has 1 amide bonds. The van der Waals surface area contributed by atoms with Gasteiger partial charge in [-0.3, -0.25) is 4.79 Å². The molecule has 8 nitrogen and oxygen atoms in total. The number of amides is 1. The van der Waals surface area contributed by atoms with E-state index in [1.165, 1.54) is 12.4 Å². The molecule has 1 aromatic heterocycles. The maximum atomic E-state index is 12.3. The molecule has 0 radical (unpaired) electrons. The molecule has 0 aliphatic heterocycles. The lowest BCUT2D eigenvalue weighted by Crippen LogP contribution is -2.13. The Labute approximate surface area is 168 Å². The van der Waals surface area contributed by atoms with Crippen molar-refractivity contribution in [2.75, 3.05) is 32.0 Å². The van der Waals surface area contributed by atoms with Crippen LogP contribution in [0.2, 0.25) is 0 Å². The Bertz CT molecular complexity index is 959. The van der Waals surface area contributed by atoms with Crippen LogP contribution in [0.1, 0.15) is 15.9 Å². The zero-order valence-corrected chi connectivity index (χ0v) is 16.4. The van der Waals surface area contributed by atoms with Crippen LogP contribution in [0.15, 0.2) is 54.9 Å². The van der Waals surface area contributed by atoms with Gasteiger partial charge in [0.1, 0.15) is 5.75 Å². The summed E-state index contributed by atoms with van der Waals surface area (Å²) in [5.41, 5.74) is 2.00. The fourth-order valence-electron chi connectivity index (χ4n) is 2.59. The van der Waals surface area contributed by atoms with Crippen LogP contribution in [-0.2, 0) is 6.54 Å². The third-order valence-corrected chi connectivity index (χ3v) is 4.16. The van der Waals surface area contributed by atoms with E-state index in [-0.39, 0.29) is 5.91 Å². The Morgan fingerprint density at radius 2 is 1.59 bits per heavy atom. The number of carbonyl (C=O) groups is 1. The van der Waals surface area contributed by atoms with Crippen LogP contribution in [-0.4, -0.2) is 37.2 Å². The molecule has 3 aromatic rings. The van der Waals surface area contributed by atoms with E-state index in [1.807, 2.05) is 18.2 Å². The van der Waals surface area contributed by atoms with Gasteiger partial charge in [-0.1, -0.05) is 6.07 Å². The van der Waals surface area contributed by atoms with Gasteiger partial charge in [-0.25, -0.2) is 9.97 Å². The number of rotatable bonds is 8. The highest BCUT2D eigenvalue weighted by molar-refractivity contribution is 6.03. The van der Waals surface area contributed by atoms with Gasteiger partial charge in [0.15, 0.2) is 11.5 Å². The summed E-state index contributed by atoms with van der Waals surface area (Å²) in [5, 5.41) is 5.90. The molecule has 8 heteroatoms. The molecule has 2 N–H and O–H groups in total. The first-order valence-electron chi connectivity index (χ1n) is 8.85. The summed E-state index contributed by atoms with van der Waals surface area (Å²) in [6.07, 6.45) is 2.95. The van der Waals surface area contributed by atoms with E-state index in [9.17, 15) is 4.79 Å². The number of aromatic nitrogens is 2. The minimum Gasteiger partial charge on any atom is -0.497 e. The highest BCUT2D eigenvalue weighted by Gasteiger charge is 2.09. The van der Waals surface area contributed by atoms with Crippen molar-refractivity contribution in [3.8, 4) is 17.2 Å².